The molecule has 1 atom stereocenters. The van der Waals surface area contributed by atoms with Crippen LogP contribution in [-0.4, -0.2) is 0 Å². The van der Waals surface area contributed by atoms with Gasteiger partial charge in [-0.25, -0.2) is 4.39 Å². The second-order valence-corrected chi connectivity index (χ2v) is 4.52. The maximum Gasteiger partial charge on any atom is 0.123 e. The molecule has 14 heavy (non-hydrogen) atoms. The molecule has 1 rings (SSSR count). The summed E-state index contributed by atoms with van der Waals surface area (Å²) in [7, 11) is 0. The first-order valence-corrected chi connectivity index (χ1v) is 4.67. The quantitative estimate of drug-likeness (QED) is 0.563. The molecule has 78 valence electrons. The minimum absolute atomic E-state index is 0.0391. The number of nitrogens with two attached hydrogens (primary N) is 1. The molecule has 0 aliphatic heterocycles. The van der Waals surface area contributed by atoms with Crippen LogP contribution in [0.5, 0.6) is 0 Å². The lowest BCUT2D eigenvalue weighted by atomic mass is 9.83. The highest BCUT2D eigenvalue weighted by Gasteiger charge is 2.25. The van der Waals surface area contributed by atoms with Gasteiger partial charge in [-0.05, 0) is 23.1 Å². The van der Waals surface area contributed by atoms with E-state index in [9.17, 15) is 4.39 Å². The summed E-state index contributed by atoms with van der Waals surface area (Å²) in [4.78, 5) is 0. The molecule has 0 spiro atoms. The molecule has 1 aromatic rings. The molecule has 0 bridgehead atoms. The van der Waals surface area contributed by atoms with Gasteiger partial charge in [-0.3, -0.25) is 11.3 Å². The van der Waals surface area contributed by atoms with Gasteiger partial charge in [0.25, 0.3) is 0 Å². The molecule has 0 fully saturated rings. The van der Waals surface area contributed by atoms with Crippen LogP contribution in [0.3, 0.4) is 0 Å². The molecule has 0 aromatic heterocycles. The molecule has 0 saturated carbocycles. The highest BCUT2D eigenvalue weighted by molar-refractivity contribution is 5.21. The fraction of sp³-hybridized carbons (Fsp3) is 0.455. The van der Waals surface area contributed by atoms with Crippen molar-refractivity contribution in [3.05, 3.63) is 35.6 Å². The van der Waals surface area contributed by atoms with Crippen molar-refractivity contribution in [2.45, 2.75) is 26.8 Å². The number of benzene rings is 1. The lowest BCUT2D eigenvalue weighted by molar-refractivity contribution is 0.275. The van der Waals surface area contributed by atoms with Gasteiger partial charge in [-0.1, -0.05) is 32.9 Å². The largest absolute Gasteiger partial charge is 0.271 e. The number of rotatable bonds is 2. The van der Waals surface area contributed by atoms with Crippen molar-refractivity contribution < 1.29 is 4.39 Å². The predicted octanol–water partition coefficient (Wildman–Crippen LogP) is 2.38. The van der Waals surface area contributed by atoms with Crippen molar-refractivity contribution in [2.75, 3.05) is 0 Å². The molecular formula is C11H17FN2. The summed E-state index contributed by atoms with van der Waals surface area (Å²) in [5.41, 5.74) is 3.55. The topological polar surface area (TPSA) is 38.0 Å². The Morgan fingerprint density at radius 1 is 1.36 bits per heavy atom. The van der Waals surface area contributed by atoms with Crippen molar-refractivity contribution in [3.63, 3.8) is 0 Å². The number of hydrazine groups is 1. The van der Waals surface area contributed by atoms with Gasteiger partial charge in [-0.2, -0.15) is 0 Å². The summed E-state index contributed by atoms with van der Waals surface area (Å²) in [5.74, 6) is 5.24. The summed E-state index contributed by atoms with van der Waals surface area (Å²) >= 11 is 0. The fourth-order valence-corrected chi connectivity index (χ4v) is 1.53. The molecule has 3 heteroatoms. The lowest BCUT2D eigenvalue weighted by Gasteiger charge is -2.30. The molecule has 1 aromatic carbocycles. The average Bonchev–Trinajstić information content (AvgIpc) is 2.02. The van der Waals surface area contributed by atoms with E-state index in [-0.39, 0.29) is 17.3 Å². The zero-order valence-corrected chi connectivity index (χ0v) is 8.84. The van der Waals surface area contributed by atoms with Gasteiger partial charge in [0.05, 0.1) is 6.04 Å². The Kier molecular flexibility index (Phi) is 3.24. The van der Waals surface area contributed by atoms with E-state index in [2.05, 4.69) is 26.2 Å². The molecule has 0 radical (unpaired) electrons. The van der Waals surface area contributed by atoms with Crippen LogP contribution >= 0.6 is 0 Å². The van der Waals surface area contributed by atoms with E-state index < -0.39 is 0 Å². The second kappa shape index (κ2) is 4.07. The minimum atomic E-state index is -0.230. The zero-order chi connectivity index (χ0) is 10.8. The Morgan fingerprint density at radius 2 is 2.00 bits per heavy atom. The molecule has 2 nitrogen and oxygen atoms in total. The normalized spacial score (nSPS) is 14.1. The standard InChI is InChI=1S/C11H17FN2/c1-11(2,3)10(14-13)8-5-4-6-9(12)7-8/h4-7,10,14H,13H2,1-3H3. The van der Waals surface area contributed by atoms with E-state index in [1.54, 1.807) is 6.07 Å². The van der Waals surface area contributed by atoms with Crippen LogP contribution in [0.4, 0.5) is 4.39 Å². The monoisotopic (exact) mass is 196 g/mol. The molecule has 3 N–H and O–H groups in total. The van der Waals surface area contributed by atoms with Crippen LogP contribution in [0.1, 0.15) is 32.4 Å². The van der Waals surface area contributed by atoms with E-state index in [0.717, 1.165) is 5.56 Å². The molecule has 0 aliphatic rings. The summed E-state index contributed by atoms with van der Waals surface area (Å²) in [6, 6.07) is 6.47. The summed E-state index contributed by atoms with van der Waals surface area (Å²) in [6.45, 7) is 6.17. The van der Waals surface area contributed by atoms with Crippen molar-refractivity contribution in [1.29, 1.82) is 0 Å². The Labute approximate surface area is 84.3 Å². The maximum absolute atomic E-state index is 13.0. The van der Waals surface area contributed by atoms with Crippen molar-refractivity contribution in [1.82, 2.24) is 5.43 Å². The second-order valence-electron chi connectivity index (χ2n) is 4.52. The Morgan fingerprint density at radius 3 is 2.43 bits per heavy atom. The van der Waals surface area contributed by atoms with Crippen LogP contribution in [0.25, 0.3) is 0 Å². The van der Waals surface area contributed by atoms with E-state index in [4.69, 9.17) is 5.84 Å². The third-order valence-corrected chi connectivity index (χ3v) is 2.21. The van der Waals surface area contributed by atoms with E-state index >= 15 is 0 Å². The third kappa shape index (κ3) is 2.53. The molecule has 0 heterocycles. The van der Waals surface area contributed by atoms with Crippen molar-refractivity contribution in [3.8, 4) is 0 Å². The zero-order valence-electron chi connectivity index (χ0n) is 8.84. The number of nitrogens with one attached hydrogen (secondary N) is 1. The number of hydrogen-bond donors (Lipinski definition) is 2. The van der Waals surface area contributed by atoms with E-state index in [0.29, 0.717) is 0 Å². The fourth-order valence-electron chi connectivity index (χ4n) is 1.53. The maximum atomic E-state index is 13.0. The Hall–Kier alpha value is -0.930. The predicted molar refractivity (Wildman–Crippen MR) is 55.9 cm³/mol. The van der Waals surface area contributed by atoms with Crippen molar-refractivity contribution >= 4 is 0 Å². The van der Waals surface area contributed by atoms with Gasteiger partial charge in [0.15, 0.2) is 0 Å². The van der Waals surface area contributed by atoms with Crippen LogP contribution < -0.4 is 11.3 Å². The minimum Gasteiger partial charge on any atom is -0.271 e. The Balaban J connectivity index is 3.01. The van der Waals surface area contributed by atoms with Gasteiger partial charge in [0.1, 0.15) is 5.82 Å². The van der Waals surface area contributed by atoms with Gasteiger partial charge >= 0.3 is 0 Å². The first-order chi connectivity index (χ1) is 6.45. The average molecular weight is 196 g/mol. The number of hydrogen-bond acceptors (Lipinski definition) is 2. The van der Waals surface area contributed by atoms with Gasteiger partial charge in [0.2, 0.25) is 0 Å². The SMILES string of the molecule is CC(C)(C)C(NN)c1cccc(F)c1. The number of halogens is 1. The molecule has 0 amide bonds. The summed E-state index contributed by atoms with van der Waals surface area (Å²) in [5, 5.41) is 0. The first kappa shape index (κ1) is 11.1. The molecule has 0 aliphatic carbocycles. The lowest BCUT2D eigenvalue weighted by Crippen LogP contribution is -2.36. The van der Waals surface area contributed by atoms with E-state index in [1.807, 2.05) is 6.07 Å². The molecular weight excluding hydrogens is 179 g/mol. The highest BCUT2D eigenvalue weighted by atomic mass is 19.1. The van der Waals surface area contributed by atoms with Crippen LogP contribution in [0.15, 0.2) is 24.3 Å². The summed E-state index contributed by atoms with van der Waals surface area (Å²) < 4.78 is 13.0. The Bertz CT molecular complexity index is 304. The molecule has 1 unspecified atom stereocenters. The first-order valence-electron chi connectivity index (χ1n) is 4.67. The highest BCUT2D eigenvalue weighted by Crippen LogP contribution is 2.31. The van der Waals surface area contributed by atoms with Crippen LogP contribution in [-0.2, 0) is 0 Å². The third-order valence-electron chi connectivity index (χ3n) is 2.21. The van der Waals surface area contributed by atoms with Crippen molar-refractivity contribution in [2.24, 2.45) is 11.3 Å². The molecule has 0 saturated heterocycles. The van der Waals surface area contributed by atoms with Crippen LogP contribution in [0, 0.1) is 11.2 Å². The smallest absolute Gasteiger partial charge is 0.123 e. The van der Waals surface area contributed by atoms with E-state index in [1.165, 1.54) is 12.1 Å². The van der Waals surface area contributed by atoms with Gasteiger partial charge in [-0.15, -0.1) is 0 Å². The van der Waals surface area contributed by atoms with Gasteiger partial charge < -0.3 is 0 Å². The van der Waals surface area contributed by atoms with Crippen LogP contribution in [0.2, 0.25) is 0 Å². The van der Waals surface area contributed by atoms with Gasteiger partial charge in [0, 0.05) is 0 Å². The summed E-state index contributed by atoms with van der Waals surface area (Å²) in [6.07, 6.45) is 0.